The van der Waals surface area contributed by atoms with Crippen molar-refractivity contribution in [1.29, 1.82) is 0 Å². The SMILES string of the molecule is O=C(NCc1ccccc1)C1C(Cc2ccc(OCc3ccccc3)cc2)NC(CC(c2ccccc2)c2ccccc2)N1CCCc1ccccc1. The molecule has 53 heavy (non-hydrogen) atoms. The van der Waals surface area contributed by atoms with Gasteiger partial charge in [-0.05, 0) is 71.2 Å². The Labute approximate surface area is 314 Å². The van der Waals surface area contributed by atoms with E-state index in [1.807, 2.05) is 48.5 Å². The molecule has 1 heterocycles. The largest absolute Gasteiger partial charge is 0.489 e. The third-order valence-corrected chi connectivity index (χ3v) is 10.3. The third-order valence-electron chi connectivity index (χ3n) is 10.3. The summed E-state index contributed by atoms with van der Waals surface area (Å²) in [6, 6.07) is 60.6. The van der Waals surface area contributed by atoms with Crippen molar-refractivity contribution in [1.82, 2.24) is 15.5 Å². The van der Waals surface area contributed by atoms with E-state index in [2.05, 4.69) is 143 Å². The molecule has 1 fully saturated rings. The van der Waals surface area contributed by atoms with Crippen LogP contribution >= 0.6 is 0 Å². The fraction of sp³-hybridized carbons (Fsp3) is 0.229. The van der Waals surface area contributed by atoms with E-state index >= 15 is 0 Å². The second kappa shape index (κ2) is 18.3. The molecule has 1 saturated heterocycles. The van der Waals surface area contributed by atoms with Crippen LogP contribution in [0.1, 0.15) is 52.1 Å². The zero-order valence-electron chi connectivity index (χ0n) is 30.3. The molecule has 6 aromatic carbocycles. The van der Waals surface area contributed by atoms with Gasteiger partial charge in [0.25, 0.3) is 0 Å². The third kappa shape index (κ3) is 9.89. The van der Waals surface area contributed by atoms with Gasteiger partial charge in [-0.2, -0.15) is 0 Å². The van der Waals surface area contributed by atoms with E-state index in [4.69, 9.17) is 4.74 Å². The molecule has 1 aliphatic rings. The highest BCUT2D eigenvalue weighted by Gasteiger charge is 2.45. The Morgan fingerprint density at radius 3 is 1.74 bits per heavy atom. The normalized spacial score (nSPS) is 17.1. The van der Waals surface area contributed by atoms with Gasteiger partial charge in [0.1, 0.15) is 18.4 Å². The average molecular weight is 700 g/mol. The van der Waals surface area contributed by atoms with Crippen LogP contribution in [0.2, 0.25) is 0 Å². The Morgan fingerprint density at radius 2 is 1.15 bits per heavy atom. The molecule has 0 saturated carbocycles. The number of hydrogen-bond donors (Lipinski definition) is 2. The predicted molar refractivity (Wildman–Crippen MR) is 215 cm³/mol. The number of nitrogens with one attached hydrogen (secondary N) is 2. The number of rotatable bonds is 16. The maximum Gasteiger partial charge on any atom is 0.239 e. The van der Waals surface area contributed by atoms with E-state index in [-0.39, 0.29) is 30.1 Å². The van der Waals surface area contributed by atoms with Crippen LogP contribution in [-0.2, 0) is 30.8 Å². The topological polar surface area (TPSA) is 53.6 Å². The number of aryl methyl sites for hydroxylation is 1. The number of ether oxygens (including phenoxy) is 1. The van der Waals surface area contributed by atoms with Gasteiger partial charge < -0.3 is 10.1 Å². The summed E-state index contributed by atoms with van der Waals surface area (Å²) in [5, 5.41) is 7.37. The number of amides is 1. The van der Waals surface area contributed by atoms with Gasteiger partial charge in [0, 0.05) is 25.0 Å². The summed E-state index contributed by atoms with van der Waals surface area (Å²) >= 11 is 0. The minimum Gasteiger partial charge on any atom is -0.489 e. The van der Waals surface area contributed by atoms with Crippen molar-refractivity contribution in [3.8, 4) is 5.75 Å². The molecule has 0 spiro atoms. The van der Waals surface area contributed by atoms with Crippen LogP contribution in [0.3, 0.4) is 0 Å². The quantitative estimate of drug-likeness (QED) is 0.106. The second-order valence-corrected chi connectivity index (χ2v) is 14.0. The first kappa shape index (κ1) is 35.9. The molecule has 0 bridgehead atoms. The van der Waals surface area contributed by atoms with Crippen LogP contribution in [0.25, 0.3) is 0 Å². The van der Waals surface area contributed by atoms with Gasteiger partial charge in [-0.15, -0.1) is 0 Å². The highest BCUT2D eigenvalue weighted by Crippen LogP contribution is 2.34. The molecule has 6 aromatic rings. The van der Waals surface area contributed by atoms with Crippen molar-refractivity contribution >= 4 is 5.91 Å². The molecule has 3 atom stereocenters. The number of hydrogen-bond acceptors (Lipinski definition) is 4. The van der Waals surface area contributed by atoms with Gasteiger partial charge in [-0.3, -0.25) is 15.0 Å². The maximum absolute atomic E-state index is 14.5. The standard InChI is InChI=1S/C48H49N3O2/c52-48(49-35-39-19-8-2-9-20-39)47-45(33-38-28-30-43(31-29-38)53-36-40-21-10-3-11-22-40)50-46(51(47)32-16-23-37-17-6-1-7-18-37)34-44(41-24-12-4-13-25-41)42-26-14-5-15-27-42/h1-15,17-22,24-31,44-47,50H,16,23,32-36H2,(H,49,52). The first-order valence-electron chi connectivity index (χ1n) is 18.9. The summed E-state index contributed by atoms with van der Waals surface area (Å²) in [6.07, 6.45) is 3.45. The molecule has 5 nitrogen and oxygen atoms in total. The first-order chi connectivity index (χ1) is 26.2. The summed E-state index contributed by atoms with van der Waals surface area (Å²) in [5.74, 6) is 1.06. The summed E-state index contributed by atoms with van der Waals surface area (Å²) < 4.78 is 6.11. The Hall–Kier alpha value is -5.49. The second-order valence-electron chi connectivity index (χ2n) is 14.0. The van der Waals surface area contributed by atoms with E-state index < -0.39 is 0 Å². The molecule has 3 unspecified atom stereocenters. The number of nitrogens with zero attached hydrogens (tertiary/aromatic N) is 1. The van der Waals surface area contributed by atoms with Crippen LogP contribution in [0, 0.1) is 0 Å². The van der Waals surface area contributed by atoms with Crippen molar-refractivity contribution in [3.63, 3.8) is 0 Å². The van der Waals surface area contributed by atoms with Gasteiger partial charge in [0.2, 0.25) is 5.91 Å². The molecule has 5 heteroatoms. The van der Waals surface area contributed by atoms with E-state index in [1.165, 1.54) is 22.3 Å². The Balaban J connectivity index is 1.16. The van der Waals surface area contributed by atoms with Gasteiger partial charge in [0.05, 0.1) is 6.17 Å². The van der Waals surface area contributed by atoms with Crippen molar-refractivity contribution < 1.29 is 9.53 Å². The molecule has 1 amide bonds. The summed E-state index contributed by atoms with van der Waals surface area (Å²) in [7, 11) is 0. The van der Waals surface area contributed by atoms with Crippen molar-refractivity contribution in [2.75, 3.05) is 6.54 Å². The van der Waals surface area contributed by atoms with E-state index in [9.17, 15) is 4.79 Å². The molecule has 0 radical (unpaired) electrons. The lowest BCUT2D eigenvalue weighted by Crippen LogP contribution is -2.50. The molecule has 268 valence electrons. The van der Waals surface area contributed by atoms with Crippen molar-refractivity contribution in [3.05, 3.63) is 209 Å². The van der Waals surface area contributed by atoms with Crippen molar-refractivity contribution in [2.45, 2.75) is 63.0 Å². The zero-order chi connectivity index (χ0) is 36.1. The molecule has 0 aliphatic carbocycles. The van der Waals surface area contributed by atoms with Gasteiger partial charge in [0.15, 0.2) is 0 Å². The number of benzene rings is 6. The monoisotopic (exact) mass is 699 g/mol. The summed E-state index contributed by atoms with van der Waals surface area (Å²) in [6.45, 7) is 1.82. The average Bonchev–Trinajstić information content (AvgIpc) is 3.56. The summed E-state index contributed by atoms with van der Waals surface area (Å²) in [5.41, 5.74) is 7.28. The highest BCUT2D eigenvalue weighted by atomic mass is 16.5. The molecule has 2 N–H and O–H groups in total. The minimum absolute atomic E-state index is 0.0119. The predicted octanol–water partition coefficient (Wildman–Crippen LogP) is 8.95. The smallest absolute Gasteiger partial charge is 0.239 e. The van der Waals surface area contributed by atoms with Crippen molar-refractivity contribution in [2.24, 2.45) is 0 Å². The highest BCUT2D eigenvalue weighted by molar-refractivity contribution is 5.83. The molecule has 1 aliphatic heterocycles. The molecule has 7 rings (SSSR count). The van der Waals surface area contributed by atoms with Crippen LogP contribution < -0.4 is 15.4 Å². The fourth-order valence-electron chi connectivity index (χ4n) is 7.64. The van der Waals surface area contributed by atoms with Crippen LogP contribution in [-0.4, -0.2) is 35.6 Å². The lowest BCUT2D eigenvalue weighted by atomic mass is 9.87. The van der Waals surface area contributed by atoms with E-state index in [1.54, 1.807) is 0 Å². The minimum atomic E-state index is -0.347. The van der Waals surface area contributed by atoms with Gasteiger partial charge in [-0.25, -0.2) is 0 Å². The van der Waals surface area contributed by atoms with Gasteiger partial charge in [-0.1, -0.05) is 164 Å². The fourth-order valence-corrected chi connectivity index (χ4v) is 7.64. The van der Waals surface area contributed by atoms with Gasteiger partial charge >= 0.3 is 0 Å². The van der Waals surface area contributed by atoms with E-state index in [0.717, 1.165) is 49.1 Å². The van der Waals surface area contributed by atoms with Crippen LogP contribution in [0.5, 0.6) is 5.75 Å². The maximum atomic E-state index is 14.5. The van der Waals surface area contributed by atoms with E-state index in [0.29, 0.717) is 13.2 Å². The zero-order valence-corrected chi connectivity index (χ0v) is 30.3. The number of carbonyl (C=O) groups excluding carboxylic acids is 1. The van der Waals surface area contributed by atoms with Crippen LogP contribution in [0.4, 0.5) is 0 Å². The lowest BCUT2D eigenvalue weighted by Gasteiger charge is -2.32. The Bertz CT molecular complexity index is 1920. The lowest BCUT2D eigenvalue weighted by molar-refractivity contribution is -0.126. The summed E-state index contributed by atoms with van der Waals surface area (Å²) in [4.78, 5) is 17.0. The Kier molecular flexibility index (Phi) is 12.4. The first-order valence-corrected chi connectivity index (χ1v) is 18.9. The molecule has 0 aromatic heterocycles. The molecular weight excluding hydrogens is 651 g/mol. The Morgan fingerprint density at radius 1 is 0.623 bits per heavy atom. The molecular formula is C48H49N3O2. The number of carbonyl (C=O) groups is 1. The van der Waals surface area contributed by atoms with Crippen LogP contribution in [0.15, 0.2) is 176 Å².